The third-order valence-corrected chi connectivity index (χ3v) is 4.37. The highest BCUT2D eigenvalue weighted by molar-refractivity contribution is 5.85. The van der Waals surface area contributed by atoms with Crippen LogP contribution in [-0.2, 0) is 14.3 Å². The number of carbonyl (C=O) groups is 2. The standard InChI is InChI=1S/C14H24N2O3.ClH/c1-9(14(18)19-2)8-15-13(17)12-7-10-5-3-4-6-11(10)16-12;/h9-12,16H,3-8H2,1-2H3,(H,15,17);1H. The summed E-state index contributed by atoms with van der Waals surface area (Å²) in [5, 5.41) is 6.28. The van der Waals surface area contributed by atoms with Gasteiger partial charge in [0.25, 0.3) is 0 Å². The molecule has 1 aliphatic carbocycles. The number of nitrogens with one attached hydrogen (secondary N) is 2. The zero-order valence-corrected chi connectivity index (χ0v) is 13.0. The summed E-state index contributed by atoms with van der Waals surface area (Å²) < 4.78 is 4.64. The van der Waals surface area contributed by atoms with E-state index in [1.165, 1.54) is 32.8 Å². The summed E-state index contributed by atoms with van der Waals surface area (Å²) >= 11 is 0. The van der Waals surface area contributed by atoms with E-state index in [0.29, 0.717) is 18.5 Å². The van der Waals surface area contributed by atoms with Gasteiger partial charge in [0.15, 0.2) is 0 Å². The predicted molar refractivity (Wildman–Crippen MR) is 78.7 cm³/mol. The van der Waals surface area contributed by atoms with Crippen molar-refractivity contribution in [1.82, 2.24) is 10.6 Å². The van der Waals surface area contributed by atoms with Crippen molar-refractivity contribution in [3.63, 3.8) is 0 Å². The van der Waals surface area contributed by atoms with Crippen LogP contribution in [0, 0.1) is 11.8 Å². The van der Waals surface area contributed by atoms with Crippen LogP contribution in [0.2, 0.25) is 0 Å². The van der Waals surface area contributed by atoms with E-state index in [1.807, 2.05) is 0 Å². The van der Waals surface area contributed by atoms with Crippen molar-refractivity contribution in [3.05, 3.63) is 0 Å². The number of amides is 1. The molecule has 5 nitrogen and oxygen atoms in total. The normalized spacial score (nSPS) is 29.8. The summed E-state index contributed by atoms with van der Waals surface area (Å²) in [5.74, 6) is 0.0960. The molecule has 1 aliphatic heterocycles. The largest absolute Gasteiger partial charge is 0.469 e. The van der Waals surface area contributed by atoms with Crippen LogP contribution < -0.4 is 10.6 Å². The fraction of sp³-hybridized carbons (Fsp3) is 0.857. The van der Waals surface area contributed by atoms with E-state index >= 15 is 0 Å². The average molecular weight is 305 g/mol. The third-order valence-electron chi connectivity index (χ3n) is 4.37. The van der Waals surface area contributed by atoms with Gasteiger partial charge in [-0.15, -0.1) is 12.4 Å². The molecule has 1 amide bonds. The van der Waals surface area contributed by atoms with E-state index in [0.717, 1.165) is 6.42 Å². The summed E-state index contributed by atoms with van der Waals surface area (Å²) in [4.78, 5) is 23.3. The van der Waals surface area contributed by atoms with E-state index in [2.05, 4.69) is 15.4 Å². The number of halogens is 1. The Morgan fingerprint density at radius 1 is 1.35 bits per heavy atom. The van der Waals surface area contributed by atoms with Crippen molar-refractivity contribution in [3.8, 4) is 0 Å². The molecule has 1 heterocycles. The molecule has 1 saturated carbocycles. The maximum atomic E-state index is 12.1. The molecule has 6 heteroatoms. The minimum absolute atomic E-state index is 0. The SMILES string of the molecule is COC(=O)C(C)CNC(=O)C1CC2CCCCC2N1.Cl. The van der Waals surface area contributed by atoms with Crippen LogP contribution in [0.4, 0.5) is 0 Å². The number of ether oxygens (including phenoxy) is 1. The molecule has 2 fully saturated rings. The molecule has 0 radical (unpaired) electrons. The Balaban J connectivity index is 0.00000200. The molecule has 2 aliphatic rings. The van der Waals surface area contributed by atoms with Crippen LogP contribution in [0.5, 0.6) is 0 Å². The highest BCUT2D eigenvalue weighted by Gasteiger charge is 2.38. The Kier molecular flexibility index (Phi) is 6.76. The van der Waals surface area contributed by atoms with Gasteiger partial charge in [0.2, 0.25) is 5.91 Å². The molecular weight excluding hydrogens is 280 g/mol. The molecule has 116 valence electrons. The Hall–Kier alpha value is -0.810. The second-order valence-corrected chi connectivity index (χ2v) is 5.78. The molecule has 0 aromatic heterocycles. The minimum Gasteiger partial charge on any atom is -0.469 e. The quantitative estimate of drug-likeness (QED) is 0.767. The van der Waals surface area contributed by atoms with Gasteiger partial charge in [-0.2, -0.15) is 0 Å². The van der Waals surface area contributed by atoms with Gasteiger partial charge in [0, 0.05) is 12.6 Å². The lowest BCUT2D eigenvalue weighted by Gasteiger charge is -2.24. The van der Waals surface area contributed by atoms with Gasteiger partial charge >= 0.3 is 5.97 Å². The van der Waals surface area contributed by atoms with Crippen LogP contribution in [-0.4, -0.2) is 37.6 Å². The summed E-state index contributed by atoms with van der Waals surface area (Å²) in [6.45, 7) is 2.10. The third kappa shape index (κ3) is 4.09. The topological polar surface area (TPSA) is 67.4 Å². The molecule has 20 heavy (non-hydrogen) atoms. The van der Waals surface area contributed by atoms with Gasteiger partial charge in [0.1, 0.15) is 0 Å². The fourth-order valence-corrected chi connectivity index (χ4v) is 3.18. The number of fused-ring (bicyclic) bond motifs is 1. The van der Waals surface area contributed by atoms with Gasteiger partial charge in [-0.05, 0) is 25.2 Å². The zero-order chi connectivity index (χ0) is 13.8. The van der Waals surface area contributed by atoms with E-state index in [1.54, 1.807) is 6.92 Å². The molecule has 0 spiro atoms. The Bertz CT molecular complexity index is 337. The number of esters is 1. The molecule has 2 N–H and O–H groups in total. The van der Waals surface area contributed by atoms with Crippen molar-refractivity contribution >= 4 is 24.3 Å². The summed E-state index contributed by atoms with van der Waals surface area (Å²) in [5.41, 5.74) is 0. The highest BCUT2D eigenvalue weighted by Crippen LogP contribution is 2.33. The summed E-state index contributed by atoms with van der Waals surface area (Å²) in [7, 11) is 1.36. The summed E-state index contributed by atoms with van der Waals surface area (Å²) in [6, 6.07) is 0.431. The monoisotopic (exact) mass is 304 g/mol. The van der Waals surface area contributed by atoms with Gasteiger partial charge in [-0.3, -0.25) is 9.59 Å². The maximum absolute atomic E-state index is 12.1. The maximum Gasteiger partial charge on any atom is 0.310 e. The highest BCUT2D eigenvalue weighted by atomic mass is 35.5. The van der Waals surface area contributed by atoms with Crippen LogP contribution in [0.25, 0.3) is 0 Å². The van der Waals surface area contributed by atoms with Crippen molar-refractivity contribution in [1.29, 1.82) is 0 Å². The molecule has 4 atom stereocenters. The second-order valence-electron chi connectivity index (χ2n) is 5.78. The average Bonchev–Trinajstić information content (AvgIpc) is 2.87. The van der Waals surface area contributed by atoms with Crippen molar-refractivity contribution in [2.45, 2.75) is 51.1 Å². The lowest BCUT2D eigenvalue weighted by molar-refractivity contribution is -0.144. The van der Waals surface area contributed by atoms with Gasteiger partial charge in [0.05, 0.1) is 19.1 Å². The minimum atomic E-state index is -0.294. The van der Waals surface area contributed by atoms with Gasteiger partial charge < -0.3 is 15.4 Å². The fourth-order valence-electron chi connectivity index (χ4n) is 3.18. The number of rotatable bonds is 4. The van der Waals surface area contributed by atoms with E-state index in [-0.39, 0.29) is 36.2 Å². The number of hydrogen-bond donors (Lipinski definition) is 2. The van der Waals surface area contributed by atoms with Gasteiger partial charge in [-0.1, -0.05) is 19.8 Å². The molecule has 2 rings (SSSR count). The van der Waals surface area contributed by atoms with Crippen LogP contribution >= 0.6 is 12.4 Å². The molecule has 1 saturated heterocycles. The van der Waals surface area contributed by atoms with Crippen molar-refractivity contribution < 1.29 is 14.3 Å². The van der Waals surface area contributed by atoms with E-state index in [9.17, 15) is 9.59 Å². The lowest BCUT2D eigenvalue weighted by atomic mass is 9.85. The van der Waals surface area contributed by atoms with E-state index < -0.39 is 0 Å². The zero-order valence-electron chi connectivity index (χ0n) is 12.2. The summed E-state index contributed by atoms with van der Waals surface area (Å²) in [6.07, 6.45) is 5.91. The Morgan fingerprint density at radius 2 is 2.05 bits per heavy atom. The molecule has 4 unspecified atom stereocenters. The second kappa shape index (κ2) is 7.84. The first-order valence-corrected chi connectivity index (χ1v) is 7.23. The molecular formula is C14H25ClN2O3. The Labute approximate surface area is 126 Å². The van der Waals surface area contributed by atoms with E-state index in [4.69, 9.17) is 0 Å². The number of carbonyl (C=O) groups excluding carboxylic acids is 2. The van der Waals surface area contributed by atoms with Crippen LogP contribution in [0.1, 0.15) is 39.0 Å². The van der Waals surface area contributed by atoms with Crippen molar-refractivity contribution in [2.75, 3.05) is 13.7 Å². The predicted octanol–water partition coefficient (Wildman–Crippen LogP) is 1.25. The van der Waals surface area contributed by atoms with Gasteiger partial charge in [-0.25, -0.2) is 0 Å². The molecule has 0 bridgehead atoms. The first kappa shape index (κ1) is 17.2. The first-order valence-electron chi connectivity index (χ1n) is 7.23. The van der Waals surface area contributed by atoms with Crippen LogP contribution in [0.3, 0.4) is 0 Å². The lowest BCUT2D eigenvalue weighted by Crippen LogP contribution is -2.44. The smallest absolute Gasteiger partial charge is 0.310 e. The molecule has 0 aromatic carbocycles. The number of hydrogen-bond acceptors (Lipinski definition) is 4. The number of methoxy groups -OCH3 is 1. The first-order chi connectivity index (χ1) is 9.11. The molecule has 0 aromatic rings. The Morgan fingerprint density at radius 3 is 2.70 bits per heavy atom. The van der Waals surface area contributed by atoms with Crippen molar-refractivity contribution in [2.24, 2.45) is 11.8 Å². The van der Waals surface area contributed by atoms with Crippen LogP contribution in [0.15, 0.2) is 0 Å².